The van der Waals surface area contributed by atoms with Crippen LogP contribution in [0.4, 0.5) is 0 Å². The zero-order valence-corrected chi connectivity index (χ0v) is 21.6. The molecule has 0 saturated heterocycles. The number of fused-ring (bicyclic) bond motifs is 3. The number of carbonyl (C=O) groups excluding carboxylic acids is 1. The summed E-state index contributed by atoms with van der Waals surface area (Å²) < 4.78 is 11.6. The second-order valence-corrected chi connectivity index (χ2v) is 12.1. The van der Waals surface area contributed by atoms with E-state index >= 15 is 0 Å². The molecule has 2 fully saturated rings. The second kappa shape index (κ2) is 7.54. The minimum atomic E-state index is -2.05. The molecule has 1 spiro atoms. The van der Waals surface area contributed by atoms with E-state index in [0.717, 1.165) is 6.42 Å². The van der Waals surface area contributed by atoms with E-state index in [9.17, 15) is 25.2 Å². The summed E-state index contributed by atoms with van der Waals surface area (Å²) in [5.74, 6) is 0.357. The Morgan fingerprint density at radius 2 is 1.83 bits per heavy atom. The van der Waals surface area contributed by atoms with Crippen LogP contribution in [0.15, 0.2) is 27.7 Å². The van der Waals surface area contributed by atoms with Crippen LogP contribution < -0.4 is 0 Å². The minimum Gasteiger partial charge on any atom is -0.465 e. The Kier molecular flexibility index (Phi) is 5.33. The van der Waals surface area contributed by atoms with Gasteiger partial charge >= 0.3 is 5.97 Å². The van der Waals surface area contributed by atoms with Gasteiger partial charge in [0.05, 0.1) is 18.1 Å². The van der Waals surface area contributed by atoms with Crippen LogP contribution >= 0.6 is 0 Å². The number of hydrogen-bond acceptors (Lipinski definition) is 7. The van der Waals surface area contributed by atoms with Gasteiger partial charge in [-0.05, 0) is 68.4 Å². The average Bonchev–Trinajstić information content (AvgIpc) is 3.14. The van der Waals surface area contributed by atoms with Gasteiger partial charge in [0.15, 0.2) is 6.10 Å². The van der Waals surface area contributed by atoms with Crippen molar-refractivity contribution in [2.24, 2.45) is 34.5 Å². The van der Waals surface area contributed by atoms with Crippen LogP contribution in [0.25, 0.3) is 0 Å². The Bertz CT molecular complexity index is 1140. The van der Waals surface area contributed by atoms with Crippen LogP contribution in [0, 0.1) is 55.3 Å². The predicted octanol–water partition coefficient (Wildman–Crippen LogP) is 2.99. The van der Waals surface area contributed by atoms with Crippen molar-refractivity contribution >= 4 is 5.97 Å². The molecule has 0 aromatic carbocycles. The zero-order valence-electron chi connectivity index (χ0n) is 21.6. The quantitative estimate of drug-likeness (QED) is 0.383. The molecule has 2 saturated carbocycles. The van der Waals surface area contributed by atoms with Crippen LogP contribution in [-0.2, 0) is 4.74 Å². The standard InChI is InChI=1S/C28H38O7/c1-12-10-27-13(2)8-19-21(26(19,6)7)18(23(27)31)9-17(11-29)22(30)28(27,33)24(12)35-25(32)20-14(3)15(4)34-16(20)5/h9-10,13,18-19,21-24,29-31,33H,8,11H2,1-7H3/t13-,18+,19-,21+,22-,23?,24+,27+,28+/m1/s1. The highest BCUT2D eigenvalue weighted by molar-refractivity contribution is 5.92. The Morgan fingerprint density at radius 1 is 1.17 bits per heavy atom. The molecule has 0 aliphatic heterocycles. The smallest absolute Gasteiger partial charge is 0.342 e. The van der Waals surface area contributed by atoms with E-state index in [4.69, 9.17) is 9.15 Å². The fourth-order valence-corrected chi connectivity index (χ4v) is 8.16. The van der Waals surface area contributed by atoms with E-state index in [-0.39, 0.29) is 28.7 Å². The molecular weight excluding hydrogens is 448 g/mol. The number of aliphatic hydroxyl groups excluding tert-OH is 3. The highest BCUT2D eigenvalue weighted by Gasteiger charge is 2.76. The van der Waals surface area contributed by atoms with Gasteiger partial charge in [0.25, 0.3) is 0 Å². The Balaban J connectivity index is 1.64. The first-order chi connectivity index (χ1) is 16.2. The molecule has 0 radical (unpaired) electrons. The molecule has 5 rings (SSSR count). The first-order valence-corrected chi connectivity index (χ1v) is 12.6. The van der Waals surface area contributed by atoms with Crippen molar-refractivity contribution in [1.29, 1.82) is 0 Å². The third-order valence-electron chi connectivity index (χ3n) is 10.2. The predicted molar refractivity (Wildman–Crippen MR) is 128 cm³/mol. The Labute approximate surface area is 206 Å². The lowest BCUT2D eigenvalue weighted by atomic mass is 9.58. The monoisotopic (exact) mass is 486 g/mol. The summed E-state index contributed by atoms with van der Waals surface area (Å²) in [5.41, 5.74) is -1.48. The molecule has 0 amide bonds. The van der Waals surface area contributed by atoms with Crippen LogP contribution in [0.1, 0.15) is 61.6 Å². The van der Waals surface area contributed by atoms with Crippen LogP contribution in [0.2, 0.25) is 0 Å². The molecule has 1 aromatic rings. The number of carbonyl (C=O) groups is 1. The van der Waals surface area contributed by atoms with Gasteiger partial charge < -0.3 is 29.6 Å². The van der Waals surface area contributed by atoms with E-state index in [1.54, 1.807) is 33.8 Å². The van der Waals surface area contributed by atoms with E-state index in [0.29, 0.717) is 34.1 Å². The van der Waals surface area contributed by atoms with E-state index in [1.165, 1.54) is 0 Å². The van der Waals surface area contributed by atoms with Gasteiger partial charge in [0.2, 0.25) is 0 Å². The molecule has 9 atom stereocenters. The number of rotatable bonds is 3. The summed E-state index contributed by atoms with van der Waals surface area (Å²) in [7, 11) is 0. The number of furan rings is 1. The number of ether oxygens (including phenoxy) is 1. The van der Waals surface area contributed by atoms with E-state index < -0.39 is 41.9 Å². The number of aryl methyl sites for hydroxylation is 2. The molecule has 1 unspecified atom stereocenters. The third kappa shape index (κ3) is 2.90. The Hall–Kier alpha value is -1.93. The number of esters is 1. The second-order valence-electron chi connectivity index (χ2n) is 12.1. The summed E-state index contributed by atoms with van der Waals surface area (Å²) >= 11 is 0. The van der Waals surface area contributed by atoms with Gasteiger partial charge in [-0.25, -0.2) is 4.79 Å². The van der Waals surface area contributed by atoms with Gasteiger partial charge in [0, 0.05) is 11.5 Å². The van der Waals surface area contributed by atoms with Gasteiger partial charge in [-0.15, -0.1) is 0 Å². The van der Waals surface area contributed by atoms with Crippen molar-refractivity contribution in [2.75, 3.05) is 6.61 Å². The largest absolute Gasteiger partial charge is 0.465 e. The fourth-order valence-electron chi connectivity index (χ4n) is 8.16. The molecule has 4 aliphatic rings. The molecule has 7 nitrogen and oxygen atoms in total. The van der Waals surface area contributed by atoms with E-state index in [1.807, 2.05) is 13.0 Å². The lowest BCUT2D eigenvalue weighted by Crippen LogP contribution is -2.66. The topological polar surface area (TPSA) is 120 Å². The van der Waals surface area contributed by atoms with Crippen molar-refractivity contribution in [2.45, 2.75) is 78.8 Å². The van der Waals surface area contributed by atoms with Gasteiger partial charge in [-0.2, -0.15) is 0 Å². The Morgan fingerprint density at radius 3 is 2.40 bits per heavy atom. The lowest BCUT2D eigenvalue weighted by Gasteiger charge is -2.52. The maximum Gasteiger partial charge on any atom is 0.342 e. The summed E-state index contributed by atoms with van der Waals surface area (Å²) in [6.45, 7) is 12.9. The first kappa shape index (κ1) is 24.8. The van der Waals surface area contributed by atoms with Crippen LogP contribution in [-0.4, -0.2) is 56.9 Å². The van der Waals surface area contributed by atoms with Crippen molar-refractivity contribution in [3.63, 3.8) is 0 Å². The first-order valence-electron chi connectivity index (χ1n) is 12.6. The summed E-state index contributed by atoms with van der Waals surface area (Å²) in [5, 5.41) is 46.4. The molecule has 4 aliphatic carbocycles. The summed E-state index contributed by atoms with van der Waals surface area (Å²) in [6, 6.07) is 0. The summed E-state index contributed by atoms with van der Waals surface area (Å²) in [4.78, 5) is 13.4. The zero-order chi connectivity index (χ0) is 25.8. The maximum atomic E-state index is 13.4. The van der Waals surface area contributed by atoms with Crippen LogP contribution in [0.3, 0.4) is 0 Å². The van der Waals surface area contributed by atoms with Crippen molar-refractivity contribution in [3.05, 3.63) is 45.9 Å². The molecule has 1 aromatic heterocycles. The molecular formula is C28H38O7. The van der Waals surface area contributed by atoms with E-state index in [2.05, 4.69) is 13.8 Å². The van der Waals surface area contributed by atoms with Gasteiger partial charge in [0.1, 0.15) is 28.8 Å². The van der Waals surface area contributed by atoms with Crippen molar-refractivity contribution < 1.29 is 34.4 Å². The maximum absolute atomic E-state index is 13.4. The normalized spacial score (nSPS) is 43.3. The lowest BCUT2D eigenvalue weighted by molar-refractivity contribution is -0.215. The average molecular weight is 487 g/mol. The third-order valence-corrected chi connectivity index (χ3v) is 10.2. The minimum absolute atomic E-state index is 0.0173. The number of hydrogen-bond donors (Lipinski definition) is 4. The molecule has 192 valence electrons. The highest BCUT2D eigenvalue weighted by atomic mass is 16.6. The van der Waals surface area contributed by atoms with Crippen molar-refractivity contribution in [1.82, 2.24) is 0 Å². The molecule has 7 heteroatoms. The molecule has 1 heterocycles. The molecule has 4 N–H and O–H groups in total. The van der Waals surface area contributed by atoms with Gasteiger partial charge in [-0.1, -0.05) is 32.9 Å². The van der Waals surface area contributed by atoms with Crippen LogP contribution in [0.5, 0.6) is 0 Å². The molecule has 2 bridgehead atoms. The highest BCUT2D eigenvalue weighted by Crippen LogP contribution is 2.72. The summed E-state index contributed by atoms with van der Waals surface area (Å²) in [6.07, 6.45) is 0.638. The van der Waals surface area contributed by atoms with Crippen molar-refractivity contribution in [3.8, 4) is 0 Å². The number of aliphatic hydroxyl groups is 4. The fraction of sp³-hybridized carbons (Fsp3) is 0.679. The van der Waals surface area contributed by atoms with Gasteiger partial charge in [-0.3, -0.25) is 0 Å². The molecule has 35 heavy (non-hydrogen) atoms. The SMILES string of the molecule is CC1=C[C@]23C(O)[C@@H](C=C(CO)[C@@H](O)[C@]2(O)[C@H]1OC(=O)c1c(C)oc(C)c1C)[C@H]1[C@@H](C[C@H]3C)C1(C)C.